The van der Waals surface area contributed by atoms with Crippen LogP contribution in [0.25, 0.3) is 16.7 Å². The van der Waals surface area contributed by atoms with Crippen molar-refractivity contribution in [1.82, 2.24) is 19.7 Å². The molecule has 0 bridgehead atoms. The highest BCUT2D eigenvalue weighted by molar-refractivity contribution is 5.83. The van der Waals surface area contributed by atoms with Crippen LogP contribution < -0.4 is 4.74 Å². The molecule has 0 aliphatic rings. The number of pyridine rings is 2. The fourth-order valence-electron chi connectivity index (χ4n) is 2.97. The highest BCUT2D eigenvalue weighted by Crippen LogP contribution is 2.27. The van der Waals surface area contributed by atoms with Crippen molar-refractivity contribution in [2.24, 2.45) is 0 Å². The molecule has 3 heterocycles. The molecule has 0 fully saturated rings. The van der Waals surface area contributed by atoms with E-state index < -0.39 is 0 Å². The lowest BCUT2D eigenvalue weighted by Gasteiger charge is -2.08. The van der Waals surface area contributed by atoms with E-state index in [9.17, 15) is 4.39 Å². The molecule has 0 unspecified atom stereocenters. The van der Waals surface area contributed by atoms with Gasteiger partial charge in [-0.3, -0.25) is 4.98 Å². The second-order valence-electron chi connectivity index (χ2n) is 6.10. The summed E-state index contributed by atoms with van der Waals surface area (Å²) in [4.78, 5) is 8.62. The van der Waals surface area contributed by atoms with Crippen LogP contribution in [0, 0.1) is 19.7 Å². The van der Waals surface area contributed by atoms with E-state index >= 15 is 0 Å². The number of fused-ring (bicyclic) bond motifs is 1. The minimum atomic E-state index is -0.314. The summed E-state index contributed by atoms with van der Waals surface area (Å²) in [5, 5.41) is 5.49. The van der Waals surface area contributed by atoms with E-state index in [2.05, 4.69) is 15.1 Å². The Hall–Kier alpha value is -3.28. The molecule has 0 spiro atoms. The van der Waals surface area contributed by atoms with E-state index in [1.165, 1.54) is 12.1 Å². The van der Waals surface area contributed by atoms with E-state index in [1.807, 2.05) is 32.0 Å². The van der Waals surface area contributed by atoms with Crippen LogP contribution in [0.4, 0.5) is 4.39 Å². The molecule has 0 N–H and O–H groups in total. The number of benzene rings is 1. The molecule has 0 radical (unpaired) electrons. The van der Waals surface area contributed by atoms with Gasteiger partial charge in [0, 0.05) is 23.8 Å². The highest BCUT2D eigenvalue weighted by atomic mass is 19.1. The quantitative estimate of drug-likeness (QED) is 0.556. The summed E-state index contributed by atoms with van der Waals surface area (Å²) in [6.45, 7) is 4.31. The maximum Gasteiger partial charge on any atom is 0.215 e. The minimum Gasteiger partial charge on any atom is -0.473 e. The lowest BCUT2D eigenvalue weighted by Crippen LogP contribution is -2.01. The van der Waals surface area contributed by atoms with E-state index in [0.29, 0.717) is 23.8 Å². The first kappa shape index (κ1) is 16.2. The van der Waals surface area contributed by atoms with Crippen LogP contribution in [0.1, 0.15) is 16.8 Å². The van der Waals surface area contributed by atoms with Gasteiger partial charge in [-0.15, -0.1) is 0 Å². The molecule has 3 aromatic heterocycles. The summed E-state index contributed by atoms with van der Waals surface area (Å²) >= 11 is 0. The molecule has 5 nitrogen and oxygen atoms in total. The van der Waals surface area contributed by atoms with Crippen LogP contribution in [0.5, 0.6) is 5.88 Å². The van der Waals surface area contributed by atoms with Gasteiger partial charge in [-0.05, 0) is 55.3 Å². The zero-order valence-corrected chi connectivity index (χ0v) is 14.5. The third-order valence-electron chi connectivity index (χ3n) is 4.18. The number of nitrogens with zero attached hydrogens (tertiary/aromatic N) is 4. The van der Waals surface area contributed by atoms with Crippen molar-refractivity contribution in [2.45, 2.75) is 20.5 Å². The van der Waals surface area contributed by atoms with Crippen LogP contribution in [-0.2, 0) is 6.61 Å². The molecule has 0 atom stereocenters. The zero-order valence-electron chi connectivity index (χ0n) is 14.5. The molecule has 26 heavy (non-hydrogen) atoms. The normalized spacial score (nSPS) is 11.0. The molecule has 0 aliphatic carbocycles. The molecular formula is C20H17FN4O. The van der Waals surface area contributed by atoms with Crippen LogP contribution in [0.2, 0.25) is 0 Å². The largest absolute Gasteiger partial charge is 0.473 e. The first-order valence-corrected chi connectivity index (χ1v) is 8.26. The van der Waals surface area contributed by atoms with E-state index in [4.69, 9.17) is 4.74 Å². The van der Waals surface area contributed by atoms with E-state index in [-0.39, 0.29) is 5.82 Å². The third-order valence-corrected chi connectivity index (χ3v) is 4.18. The molecule has 4 aromatic rings. The number of hydrogen-bond acceptors (Lipinski definition) is 4. The maximum absolute atomic E-state index is 13.6. The number of ether oxygens (including phenoxy) is 1. The van der Waals surface area contributed by atoms with Gasteiger partial charge in [0.2, 0.25) is 5.88 Å². The SMILES string of the molecule is Cc1cc(OCc2ccncc2)nc2c1c(C)nn2-c1cccc(F)c1. The molecule has 0 aliphatic heterocycles. The predicted molar refractivity (Wildman–Crippen MR) is 96.9 cm³/mol. The average Bonchev–Trinajstić information content (AvgIpc) is 2.98. The second-order valence-corrected chi connectivity index (χ2v) is 6.10. The fraction of sp³-hybridized carbons (Fsp3) is 0.150. The van der Waals surface area contributed by atoms with E-state index in [1.54, 1.807) is 29.2 Å². The van der Waals surface area contributed by atoms with Crippen molar-refractivity contribution in [3.8, 4) is 11.6 Å². The zero-order chi connectivity index (χ0) is 18.1. The Morgan fingerprint density at radius 1 is 1.08 bits per heavy atom. The molecule has 130 valence electrons. The van der Waals surface area contributed by atoms with Gasteiger partial charge in [-0.1, -0.05) is 6.07 Å². The van der Waals surface area contributed by atoms with Crippen molar-refractivity contribution in [2.75, 3.05) is 0 Å². The van der Waals surface area contributed by atoms with Crippen LogP contribution >= 0.6 is 0 Å². The van der Waals surface area contributed by atoms with Gasteiger partial charge in [-0.25, -0.2) is 9.07 Å². The minimum absolute atomic E-state index is 0.314. The highest BCUT2D eigenvalue weighted by Gasteiger charge is 2.15. The third kappa shape index (κ3) is 3.01. The van der Waals surface area contributed by atoms with Gasteiger partial charge in [0.1, 0.15) is 12.4 Å². The summed E-state index contributed by atoms with van der Waals surface area (Å²) in [6, 6.07) is 12.0. The summed E-state index contributed by atoms with van der Waals surface area (Å²) < 4.78 is 21.1. The smallest absolute Gasteiger partial charge is 0.215 e. The first-order valence-electron chi connectivity index (χ1n) is 8.26. The Morgan fingerprint density at radius 2 is 1.88 bits per heavy atom. The maximum atomic E-state index is 13.6. The van der Waals surface area contributed by atoms with Gasteiger partial charge in [-0.2, -0.15) is 10.1 Å². The monoisotopic (exact) mass is 348 g/mol. The van der Waals surface area contributed by atoms with Gasteiger partial charge in [0.25, 0.3) is 0 Å². The Morgan fingerprint density at radius 3 is 2.65 bits per heavy atom. The number of hydrogen-bond donors (Lipinski definition) is 0. The molecular weight excluding hydrogens is 331 g/mol. The molecule has 1 aromatic carbocycles. The van der Waals surface area contributed by atoms with E-state index in [0.717, 1.165) is 22.2 Å². The summed E-state index contributed by atoms with van der Waals surface area (Å²) in [6.07, 6.45) is 3.45. The standard InChI is InChI=1S/C20H17FN4O/c1-13-10-18(26-12-15-6-8-22-9-7-15)23-20-19(13)14(2)24-25(20)17-5-3-4-16(21)11-17/h3-11H,12H2,1-2H3. The van der Waals surface area contributed by atoms with Crippen LogP contribution in [0.3, 0.4) is 0 Å². The Balaban J connectivity index is 1.76. The summed E-state index contributed by atoms with van der Waals surface area (Å²) in [7, 11) is 0. The number of aromatic nitrogens is 4. The number of halogens is 1. The molecule has 0 amide bonds. The Labute approximate surface area is 150 Å². The van der Waals surface area contributed by atoms with Gasteiger partial charge >= 0.3 is 0 Å². The Kier molecular flexibility index (Phi) is 4.08. The second kappa shape index (κ2) is 6.55. The van der Waals surface area contributed by atoms with Crippen LogP contribution in [0.15, 0.2) is 54.9 Å². The van der Waals surface area contributed by atoms with Gasteiger partial charge in [0.05, 0.1) is 11.4 Å². The van der Waals surface area contributed by atoms with Crippen LogP contribution in [-0.4, -0.2) is 19.7 Å². The molecule has 4 rings (SSSR count). The average molecular weight is 348 g/mol. The van der Waals surface area contributed by atoms with Crippen molar-refractivity contribution in [3.63, 3.8) is 0 Å². The molecule has 0 saturated heterocycles. The molecule has 0 saturated carbocycles. The fourth-order valence-corrected chi connectivity index (χ4v) is 2.97. The number of rotatable bonds is 4. The molecule has 6 heteroatoms. The van der Waals surface area contributed by atoms with Crippen molar-refractivity contribution in [3.05, 3.63) is 77.5 Å². The lowest BCUT2D eigenvalue weighted by atomic mass is 10.1. The van der Waals surface area contributed by atoms with Crippen molar-refractivity contribution < 1.29 is 9.13 Å². The first-order chi connectivity index (χ1) is 12.6. The van der Waals surface area contributed by atoms with Crippen molar-refractivity contribution >= 4 is 11.0 Å². The van der Waals surface area contributed by atoms with Crippen molar-refractivity contribution in [1.29, 1.82) is 0 Å². The summed E-state index contributed by atoms with van der Waals surface area (Å²) in [5.41, 5.74) is 4.14. The topological polar surface area (TPSA) is 52.8 Å². The summed E-state index contributed by atoms with van der Waals surface area (Å²) in [5.74, 6) is 0.190. The Bertz CT molecular complexity index is 1080. The predicted octanol–water partition coefficient (Wildman–Crippen LogP) is 4.15. The van der Waals surface area contributed by atoms with Gasteiger partial charge < -0.3 is 4.74 Å². The van der Waals surface area contributed by atoms with Gasteiger partial charge in [0.15, 0.2) is 5.65 Å². The number of aryl methyl sites for hydroxylation is 2. The lowest BCUT2D eigenvalue weighted by molar-refractivity contribution is 0.294.